The predicted molar refractivity (Wildman–Crippen MR) is 127 cm³/mol. The molecule has 1 atom stereocenters. The minimum absolute atomic E-state index is 0.0543. The second kappa shape index (κ2) is 10.9. The van der Waals surface area contributed by atoms with Gasteiger partial charge in [0.1, 0.15) is 6.17 Å². The first-order valence-electron chi connectivity index (χ1n) is 8.83. The molecule has 0 unspecified atom stereocenters. The number of carbonyl (C=O) groups excluding carboxylic acids is 2. The number of Topliss-reactive ketones (excluding diaryl/α,β-unsaturated/α-hetero) is 1. The molecule has 0 bridgehead atoms. The summed E-state index contributed by atoms with van der Waals surface area (Å²) in [5.41, 5.74) is 1.43. The van der Waals surface area contributed by atoms with E-state index in [0.717, 1.165) is 0 Å². The first-order chi connectivity index (χ1) is 14.5. The average molecular weight is 505 g/mol. The van der Waals surface area contributed by atoms with Crippen molar-refractivity contribution < 1.29 is 19.1 Å². The number of methoxy groups -OCH3 is 2. The lowest BCUT2D eigenvalue weighted by Crippen LogP contribution is -2.56. The van der Waals surface area contributed by atoms with Gasteiger partial charge in [-0.25, -0.2) is 0 Å². The fraction of sp³-hybridized carbons (Fsp3) is 0.250. The van der Waals surface area contributed by atoms with E-state index in [1.165, 1.54) is 27.2 Å². The number of alkyl halides is 3. The van der Waals surface area contributed by atoms with E-state index in [1.807, 2.05) is 0 Å². The zero-order valence-electron chi connectivity index (χ0n) is 16.8. The number of nitrogens with one attached hydrogen (secondary N) is 3. The molecule has 166 valence electrons. The highest BCUT2D eigenvalue weighted by Crippen LogP contribution is 2.30. The molecule has 2 aromatic rings. The third kappa shape index (κ3) is 7.14. The van der Waals surface area contributed by atoms with Crippen LogP contribution in [-0.2, 0) is 0 Å². The van der Waals surface area contributed by atoms with Gasteiger partial charge in [-0.3, -0.25) is 9.59 Å². The van der Waals surface area contributed by atoms with Crippen molar-refractivity contribution in [2.45, 2.75) is 16.9 Å². The average Bonchev–Trinajstić information content (AvgIpc) is 2.72. The Kier molecular flexibility index (Phi) is 8.76. The molecular formula is C20H20Cl3N3O4S. The summed E-state index contributed by atoms with van der Waals surface area (Å²) in [5, 5.41) is 8.35. The highest BCUT2D eigenvalue weighted by Gasteiger charge is 2.35. The van der Waals surface area contributed by atoms with E-state index in [2.05, 4.69) is 16.0 Å². The third-order valence-corrected chi connectivity index (χ3v) is 4.95. The van der Waals surface area contributed by atoms with Crippen LogP contribution in [0.25, 0.3) is 0 Å². The van der Waals surface area contributed by atoms with E-state index < -0.39 is 15.9 Å². The Morgan fingerprint density at radius 2 is 1.52 bits per heavy atom. The Morgan fingerprint density at radius 3 is 2.03 bits per heavy atom. The Bertz CT molecular complexity index is 965. The summed E-state index contributed by atoms with van der Waals surface area (Å²) in [6.07, 6.45) is -1.16. The number of halogens is 3. The van der Waals surface area contributed by atoms with Crippen LogP contribution in [0.3, 0.4) is 0 Å². The van der Waals surface area contributed by atoms with Crippen LogP contribution in [0, 0.1) is 0 Å². The fourth-order valence-electron chi connectivity index (χ4n) is 2.48. The van der Waals surface area contributed by atoms with Crippen molar-refractivity contribution in [1.82, 2.24) is 10.6 Å². The van der Waals surface area contributed by atoms with Crippen LogP contribution in [-0.4, -0.2) is 41.0 Å². The Hall–Kier alpha value is -2.26. The van der Waals surface area contributed by atoms with Crippen molar-refractivity contribution in [2.24, 2.45) is 0 Å². The maximum absolute atomic E-state index is 12.7. The summed E-state index contributed by atoms with van der Waals surface area (Å²) in [6.45, 7) is 1.47. The zero-order chi connectivity index (χ0) is 23.2. The lowest BCUT2D eigenvalue weighted by atomic mass is 10.1. The second-order valence-electron chi connectivity index (χ2n) is 6.25. The van der Waals surface area contributed by atoms with Gasteiger partial charge in [0.05, 0.1) is 14.2 Å². The van der Waals surface area contributed by atoms with Crippen molar-refractivity contribution in [3.63, 3.8) is 0 Å². The molecule has 0 aliphatic rings. The largest absolute Gasteiger partial charge is 0.493 e. The van der Waals surface area contributed by atoms with Gasteiger partial charge in [0, 0.05) is 16.8 Å². The molecule has 31 heavy (non-hydrogen) atoms. The highest BCUT2D eigenvalue weighted by molar-refractivity contribution is 7.80. The number of benzene rings is 2. The van der Waals surface area contributed by atoms with Crippen molar-refractivity contribution >= 4 is 69.5 Å². The van der Waals surface area contributed by atoms with Gasteiger partial charge in [0.2, 0.25) is 3.79 Å². The van der Waals surface area contributed by atoms with E-state index in [9.17, 15) is 9.59 Å². The molecule has 0 aliphatic heterocycles. The van der Waals surface area contributed by atoms with Gasteiger partial charge < -0.3 is 25.4 Å². The summed E-state index contributed by atoms with van der Waals surface area (Å²) in [7, 11) is 2.94. The van der Waals surface area contributed by atoms with Gasteiger partial charge in [0.25, 0.3) is 5.91 Å². The smallest absolute Gasteiger partial charge is 0.253 e. The number of hydrogen-bond acceptors (Lipinski definition) is 5. The summed E-state index contributed by atoms with van der Waals surface area (Å²) in [5.74, 6) is 0.260. The second-order valence-corrected chi connectivity index (χ2v) is 9.03. The van der Waals surface area contributed by atoms with Crippen LogP contribution in [0.15, 0.2) is 42.5 Å². The molecule has 0 spiro atoms. The number of ether oxygens (including phenoxy) is 2. The Morgan fingerprint density at radius 1 is 0.935 bits per heavy atom. The Labute approximate surface area is 200 Å². The number of hydrogen-bond donors (Lipinski definition) is 3. The maximum atomic E-state index is 12.7. The van der Waals surface area contributed by atoms with Crippen molar-refractivity contribution in [3.8, 4) is 11.5 Å². The molecule has 0 aromatic heterocycles. The standard InChI is InChI=1S/C20H20Cl3N3O4S/c1-11(27)12-4-7-14(8-5-12)24-19(31)26-18(20(21,22)23)25-17(28)13-6-9-15(29-2)16(10-13)30-3/h4-10,18H,1-3H3,(H,25,28)(H2,24,26,31)/t18-/m0/s1. The number of carbonyl (C=O) groups is 2. The van der Waals surface area contributed by atoms with Gasteiger partial charge in [0.15, 0.2) is 22.4 Å². The minimum Gasteiger partial charge on any atom is -0.493 e. The number of thiocarbonyl (C=S) groups is 1. The number of ketones is 1. The quantitative estimate of drug-likeness (QED) is 0.224. The molecule has 1 amide bonds. The SMILES string of the molecule is COc1ccc(C(=O)N[C@@H](NC(=S)Nc2ccc(C(C)=O)cc2)C(Cl)(Cl)Cl)cc1OC. The van der Waals surface area contributed by atoms with Crippen LogP contribution < -0.4 is 25.4 Å². The molecular weight excluding hydrogens is 485 g/mol. The predicted octanol–water partition coefficient (Wildman–Crippen LogP) is 4.32. The third-order valence-electron chi connectivity index (χ3n) is 4.07. The molecule has 2 aromatic carbocycles. The summed E-state index contributed by atoms with van der Waals surface area (Å²) < 4.78 is 8.44. The van der Waals surface area contributed by atoms with E-state index in [-0.39, 0.29) is 16.5 Å². The van der Waals surface area contributed by atoms with Crippen molar-refractivity contribution in [3.05, 3.63) is 53.6 Å². The molecule has 0 saturated carbocycles. The van der Waals surface area contributed by atoms with Gasteiger partial charge >= 0.3 is 0 Å². The first-order valence-corrected chi connectivity index (χ1v) is 10.4. The molecule has 3 N–H and O–H groups in total. The van der Waals surface area contributed by atoms with Crippen LogP contribution in [0.2, 0.25) is 0 Å². The van der Waals surface area contributed by atoms with Gasteiger partial charge in [-0.2, -0.15) is 0 Å². The lowest BCUT2D eigenvalue weighted by Gasteiger charge is -2.28. The summed E-state index contributed by atoms with van der Waals surface area (Å²) in [6, 6.07) is 11.3. The van der Waals surface area contributed by atoms with Crippen molar-refractivity contribution in [1.29, 1.82) is 0 Å². The van der Waals surface area contributed by atoms with Crippen LogP contribution >= 0.6 is 47.0 Å². The molecule has 7 nitrogen and oxygen atoms in total. The van der Waals surface area contributed by atoms with Gasteiger partial charge in [-0.15, -0.1) is 0 Å². The fourth-order valence-corrected chi connectivity index (χ4v) is 3.04. The molecule has 0 heterocycles. The molecule has 0 radical (unpaired) electrons. The van der Waals surface area contributed by atoms with Crippen LogP contribution in [0.1, 0.15) is 27.6 Å². The monoisotopic (exact) mass is 503 g/mol. The summed E-state index contributed by atoms with van der Waals surface area (Å²) in [4.78, 5) is 24.1. The summed E-state index contributed by atoms with van der Waals surface area (Å²) >= 11 is 23.3. The van der Waals surface area contributed by atoms with E-state index in [1.54, 1.807) is 36.4 Å². The van der Waals surface area contributed by atoms with Crippen LogP contribution in [0.5, 0.6) is 11.5 Å². The molecule has 0 aliphatic carbocycles. The molecule has 11 heteroatoms. The number of amides is 1. The maximum Gasteiger partial charge on any atom is 0.253 e. The molecule has 0 saturated heterocycles. The topological polar surface area (TPSA) is 88.7 Å². The van der Waals surface area contributed by atoms with E-state index >= 15 is 0 Å². The first kappa shape index (κ1) is 25.0. The number of rotatable bonds is 7. The van der Waals surface area contributed by atoms with Gasteiger partial charge in [-0.1, -0.05) is 34.8 Å². The van der Waals surface area contributed by atoms with Gasteiger partial charge in [-0.05, 0) is 61.6 Å². The van der Waals surface area contributed by atoms with Crippen molar-refractivity contribution in [2.75, 3.05) is 19.5 Å². The minimum atomic E-state index is -1.92. The van der Waals surface area contributed by atoms with E-state index in [0.29, 0.717) is 22.7 Å². The highest BCUT2D eigenvalue weighted by atomic mass is 35.6. The lowest BCUT2D eigenvalue weighted by molar-refractivity contribution is 0.0933. The number of anilines is 1. The van der Waals surface area contributed by atoms with Crippen LogP contribution in [0.4, 0.5) is 5.69 Å². The Balaban J connectivity index is 2.10. The molecule has 2 rings (SSSR count). The zero-order valence-corrected chi connectivity index (χ0v) is 19.9. The molecule has 0 fully saturated rings. The van der Waals surface area contributed by atoms with E-state index in [4.69, 9.17) is 56.5 Å². The normalized spacial score (nSPS) is 11.8.